The number of fused-ring (bicyclic) bond motifs is 1. The second kappa shape index (κ2) is 19.3. The van der Waals surface area contributed by atoms with Crippen molar-refractivity contribution in [1.82, 2.24) is 30.5 Å². The number of carbonyl (C=O) groups is 5. The maximum atomic E-state index is 14.0. The van der Waals surface area contributed by atoms with E-state index in [1.54, 1.807) is 79.3 Å². The van der Waals surface area contributed by atoms with Gasteiger partial charge in [0.25, 0.3) is 17.9 Å². The van der Waals surface area contributed by atoms with Gasteiger partial charge in [0.2, 0.25) is 0 Å². The van der Waals surface area contributed by atoms with Gasteiger partial charge in [-0.25, -0.2) is 19.4 Å². The molecule has 0 saturated carbocycles. The summed E-state index contributed by atoms with van der Waals surface area (Å²) >= 11 is 0.903. The molecule has 3 atom stereocenters. The number of nitrogens with zero attached hydrogens (tertiary/aromatic N) is 5. The third kappa shape index (κ3) is 14.1. The molecule has 4 N–H and O–H groups in total. The first kappa shape index (κ1) is 50.2. The maximum Gasteiger partial charge on any atom is 0.418 e. The van der Waals surface area contributed by atoms with Gasteiger partial charge in [-0.1, -0.05) is 11.2 Å². The quantitative estimate of drug-likeness (QED) is 0.0299. The number of nitrogens with one attached hydrogen (secondary N) is 3. The molecule has 22 nitrogen and oxygen atoms in total. The third-order valence-corrected chi connectivity index (χ3v) is 10.3. The van der Waals surface area contributed by atoms with Gasteiger partial charge < -0.3 is 34.4 Å². The van der Waals surface area contributed by atoms with Crippen molar-refractivity contribution in [3.63, 3.8) is 0 Å². The molecule has 0 radical (unpaired) electrons. The largest absolute Gasteiger partial charge is 0.485 e. The number of hydrogen-bond acceptors (Lipinski definition) is 17. The van der Waals surface area contributed by atoms with E-state index in [1.165, 1.54) is 19.2 Å². The molecule has 24 heteroatoms. The van der Waals surface area contributed by atoms with Crippen LogP contribution in [0.3, 0.4) is 0 Å². The van der Waals surface area contributed by atoms with Crippen LogP contribution in [-0.4, -0.2) is 116 Å². The molecule has 2 aliphatic rings. The molecule has 0 unspecified atom stereocenters. The van der Waals surface area contributed by atoms with Crippen molar-refractivity contribution in [1.29, 1.82) is 0 Å². The zero-order valence-electron chi connectivity index (χ0n) is 38.0. The Balaban J connectivity index is 1.36. The van der Waals surface area contributed by atoms with Gasteiger partial charge in [-0.3, -0.25) is 24.1 Å². The summed E-state index contributed by atoms with van der Waals surface area (Å²) in [4.78, 5) is 75.4. The fraction of sp³-hybridized carbons (Fsp3) is 0.561. The fourth-order valence-corrected chi connectivity index (χ4v) is 7.50. The predicted octanol–water partition coefficient (Wildman–Crippen LogP) is 4.93. The summed E-state index contributed by atoms with van der Waals surface area (Å²) in [5.41, 5.74) is -2.05. The highest BCUT2D eigenvalue weighted by molar-refractivity contribution is 7.80. The van der Waals surface area contributed by atoms with E-state index in [1.807, 2.05) is 18.3 Å². The van der Waals surface area contributed by atoms with Gasteiger partial charge in [0.15, 0.2) is 10.8 Å². The number of anilines is 1. The zero-order chi connectivity index (χ0) is 48.3. The van der Waals surface area contributed by atoms with E-state index in [9.17, 15) is 36.9 Å². The Hall–Kier alpha value is -5.85. The highest BCUT2D eigenvalue weighted by Gasteiger charge is 2.58. The second-order valence-corrected chi connectivity index (χ2v) is 20.5. The topological polar surface area (TPSA) is 277 Å². The van der Waals surface area contributed by atoms with E-state index < -0.39 is 86.7 Å². The van der Waals surface area contributed by atoms with Crippen molar-refractivity contribution in [2.24, 2.45) is 5.16 Å². The molecule has 2 aromatic heterocycles. The van der Waals surface area contributed by atoms with Crippen LogP contribution in [0.25, 0.3) is 11.1 Å². The van der Waals surface area contributed by atoms with Crippen LogP contribution in [0.15, 0.2) is 41.1 Å². The van der Waals surface area contributed by atoms with Crippen LogP contribution in [-0.2, 0) is 61.1 Å². The monoisotopic (exact) mass is 948 g/mol. The Morgan fingerprint density at radius 3 is 2.29 bits per heavy atom. The number of rotatable bonds is 15. The molecule has 356 valence electrons. The maximum absolute atomic E-state index is 14.0. The van der Waals surface area contributed by atoms with Crippen LogP contribution in [0.1, 0.15) is 100 Å². The van der Waals surface area contributed by atoms with Gasteiger partial charge in [0, 0.05) is 30.2 Å². The van der Waals surface area contributed by atoms with Gasteiger partial charge in [-0.2, -0.15) is 18.6 Å². The van der Waals surface area contributed by atoms with Gasteiger partial charge >= 0.3 is 28.6 Å². The molecule has 0 spiro atoms. The Labute approximate surface area is 380 Å². The highest BCUT2D eigenvalue weighted by Crippen LogP contribution is 2.35. The molecule has 0 aliphatic carbocycles. The predicted molar refractivity (Wildman–Crippen MR) is 234 cm³/mol. The molecule has 5 rings (SSSR count). The van der Waals surface area contributed by atoms with E-state index in [0.29, 0.717) is 36.7 Å². The van der Waals surface area contributed by atoms with E-state index in [0.717, 1.165) is 28.0 Å². The van der Waals surface area contributed by atoms with Crippen LogP contribution in [0, 0.1) is 0 Å². The van der Waals surface area contributed by atoms with Gasteiger partial charge in [-0.05, 0) is 119 Å². The molecule has 1 saturated heterocycles. The normalized spacial score (nSPS) is 18.0. The van der Waals surface area contributed by atoms with Crippen molar-refractivity contribution in [2.45, 2.75) is 143 Å². The summed E-state index contributed by atoms with van der Waals surface area (Å²) in [5.74, 6) is -2.47. The van der Waals surface area contributed by atoms with Crippen molar-refractivity contribution in [3.05, 3.63) is 47.2 Å². The minimum atomic E-state index is -5.09. The molecule has 2 aliphatic heterocycles. The number of esters is 1. The average molecular weight is 949 g/mol. The zero-order valence-corrected chi connectivity index (χ0v) is 39.7. The molecule has 4 heterocycles. The summed E-state index contributed by atoms with van der Waals surface area (Å²) in [6, 6.07) is 4.16. The minimum Gasteiger partial charge on any atom is -0.485 e. The third-order valence-electron chi connectivity index (χ3n) is 9.16. The number of hydroxylamine groups is 2. The number of alkyl carbamates (subject to hydrolysis) is 1. The van der Waals surface area contributed by atoms with Crippen LogP contribution >= 0.6 is 11.3 Å². The second-order valence-electron chi connectivity index (χ2n) is 18.7. The number of β-lactam (4-membered cyclic amide) rings is 1. The van der Waals surface area contributed by atoms with Gasteiger partial charge in [0.05, 0.1) is 11.7 Å². The number of amides is 4. The number of oxime groups is 1. The first-order valence-corrected chi connectivity index (χ1v) is 22.8. The van der Waals surface area contributed by atoms with E-state index in [4.69, 9.17) is 23.8 Å². The van der Waals surface area contributed by atoms with Crippen molar-refractivity contribution < 1.29 is 65.0 Å². The van der Waals surface area contributed by atoms with Crippen molar-refractivity contribution in [3.8, 4) is 16.9 Å². The molecule has 1 aromatic carbocycles. The van der Waals surface area contributed by atoms with Crippen LogP contribution in [0.5, 0.6) is 5.75 Å². The van der Waals surface area contributed by atoms with Crippen LogP contribution in [0.2, 0.25) is 0 Å². The lowest BCUT2D eigenvalue weighted by Gasteiger charge is -2.50. The number of benzene rings is 1. The van der Waals surface area contributed by atoms with Crippen molar-refractivity contribution >= 4 is 62.5 Å². The van der Waals surface area contributed by atoms with E-state index in [2.05, 4.69) is 35.5 Å². The lowest BCUT2D eigenvalue weighted by molar-refractivity contribution is -0.218. The van der Waals surface area contributed by atoms with Crippen LogP contribution in [0.4, 0.5) is 14.7 Å². The summed E-state index contributed by atoms with van der Waals surface area (Å²) in [6.45, 7) is 19.1. The molecule has 3 aromatic rings. The number of aryl methyl sites for hydroxylation is 2. The highest BCUT2D eigenvalue weighted by atomic mass is 32.3. The Bertz CT molecular complexity index is 2410. The SMILES string of the molecule is CC(C)(C)OC(=O)NCCCn1cc(-c2ccc3c(c2)CC[C@H]([C@H](O/N=C(\C(=O)N[C@@H]2C(=O)N(OS(=O)(=O)O)C2(C)C)c2csc(NC(=O)OC(C)(C)C)n2)C(=O)OC(C)(C)C)O3)cn1. The van der Waals surface area contributed by atoms with E-state index >= 15 is 0 Å². The number of hydrogen-bond donors (Lipinski definition) is 4. The summed E-state index contributed by atoms with van der Waals surface area (Å²) < 4.78 is 60.7. The average Bonchev–Trinajstić information content (AvgIpc) is 3.83. The summed E-state index contributed by atoms with van der Waals surface area (Å²) in [7, 11) is -5.09. The first-order chi connectivity index (χ1) is 30.0. The van der Waals surface area contributed by atoms with Gasteiger partial charge in [-0.15, -0.1) is 15.6 Å². The fourth-order valence-electron chi connectivity index (χ4n) is 6.37. The lowest BCUT2D eigenvalue weighted by atomic mass is 9.84. The molecule has 1 fully saturated rings. The number of carbonyl (C=O) groups excluding carboxylic acids is 5. The molecule has 65 heavy (non-hydrogen) atoms. The minimum absolute atomic E-state index is 0.00208. The summed E-state index contributed by atoms with van der Waals surface area (Å²) in [5, 5.41) is 18.0. The Morgan fingerprint density at radius 2 is 1.66 bits per heavy atom. The first-order valence-electron chi connectivity index (χ1n) is 20.5. The van der Waals surface area contributed by atoms with E-state index in [-0.39, 0.29) is 17.2 Å². The lowest BCUT2D eigenvalue weighted by Crippen LogP contribution is -2.76. The molecular weight excluding hydrogens is 893 g/mol. The molecular formula is C41H56N8O14S2. The van der Waals surface area contributed by atoms with Gasteiger partial charge in [0.1, 0.15) is 40.4 Å². The number of aromatic nitrogens is 3. The Kier molecular flexibility index (Phi) is 14.9. The smallest absolute Gasteiger partial charge is 0.418 e. The summed E-state index contributed by atoms with van der Waals surface area (Å²) in [6.07, 6.45) is 1.09. The molecule has 0 bridgehead atoms. The van der Waals surface area contributed by atoms with Crippen LogP contribution < -0.4 is 20.7 Å². The number of thiazole rings is 1. The standard InChI is InChI=1S/C41H56N8O14S2/c1-38(2,3)59-34(52)30(28-16-14-24-19-23(13-15-27(24)58-28)25-20-43-48(21-25)18-12-17-42-36(53)60-39(4,5)6)62-47-29(26-22-64-35(44-26)46-37(54)61-40(7,8)9)32(50)45-31-33(51)49(41(31,10)11)63-65(55,56)57/h13,15,19-22,28,30-31H,12,14,16-18H2,1-11H3,(H,42,53)(H,45,50)(H,44,46,54)(H,55,56,57)/b47-29-/t28-,30+,31-/m1/s1. The Morgan fingerprint density at radius 1 is 1.00 bits per heavy atom. The number of ether oxygens (including phenoxy) is 4. The molecule has 4 amide bonds. The van der Waals surface area contributed by atoms with Crippen molar-refractivity contribution in [2.75, 3.05) is 11.9 Å².